The molecule has 3 rings (SSSR count). The molecule has 0 saturated carbocycles. The summed E-state index contributed by atoms with van der Waals surface area (Å²) in [6.45, 7) is 5.28. The Bertz CT molecular complexity index is 730. The highest BCUT2D eigenvalue weighted by Crippen LogP contribution is 2.08. The van der Waals surface area contributed by atoms with Gasteiger partial charge in [-0.1, -0.05) is 17.3 Å². The summed E-state index contributed by atoms with van der Waals surface area (Å²) in [5, 5.41) is 16.2. The number of nitriles is 1. The molecular formula is C18H23IN6O. The van der Waals surface area contributed by atoms with E-state index in [2.05, 4.69) is 31.3 Å². The van der Waals surface area contributed by atoms with Crippen LogP contribution in [0.3, 0.4) is 0 Å². The lowest BCUT2D eigenvalue weighted by atomic mass is 10.1. The molecule has 2 heterocycles. The van der Waals surface area contributed by atoms with Crippen molar-refractivity contribution in [1.82, 2.24) is 20.3 Å². The molecule has 1 saturated heterocycles. The van der Waals surface area contributed by atoms with Crippen molar-refractivity contribution in [3.8, 4) is 6.07 Å². The molecule has 1 aromatic heterocycles. The molecule has 1 aliphatic heterocycles. The maximum atomic E-state index is 8.85. The molecule has 2 aromatic rings. The van der Waals surface area contributed by atoms with Crippen LogP contribution in [0.4, 0.5) is 0 Å². The van der Waals surface area contributed by atoms with Crippen LogP contribution >= 0.6 is 24.0 Å². The molecule has 138 valence electrons. The number of guanidine groups is 1. The molecule has 26 heavy (non-hydrogen) atoms. The van der Waals surface area contributed by atoms with Crippen molar-refractivity contribution >= 4 is 29.9 Å². The second-order valence-electron chi connectivity index (χ2n) is 5.96. The van der Waals surface area contributed by atoms with Gasteiger partial charge in [-0.3, -0.25) is 9.89 Å². The first-order chi connectivity index (χ1) is 12.3. The monoisotopic (exact) mass is 466 g/mol. The molecule has 0 atom stereocenters. The van der Waals surface area contributed by atoms with Gasteiger partial charge in [-0.15, -0.1) is 24.0 Å². The quantitative estimate of drug-likeness (QED) is 0.422. The van der Waals surface area contributed by atoms with Crippen molar-refractivity contribution in [2.75, 3.05) is 33.2 Å². The van der Waals surface area contributed by atoms with Gasteiger partial charge in [0.25, 0.3) is 0 Å². The zero-order valence-electron chi connectivity index (χ0n) is 14.8. The molecule has 1 aliphatic rings. The van der Waals surface area contributed by atoms with E-state index in [9.17, 15) is 0 Å². The zero-order valence-corrected chi connectivity index (χ0v) is 17.1. The summed E-state index contributed by atoms with van der Waals surface area (Å²) in [6.07, 6.45) is 1.61. The van der Waals surface area contributed by atoms with E-state index in [-0.39, 0.29) is 24.0 Å². The van der Waals surface area contributed by atoms with E-state index in [4.69, 9.17) is 9.78 Å². The van der Waals surface area contributed by atoms with Crippen LogP contribution in [-0.4, -0.2) is 54.1 Å². The Morgan fingerprint density at radius 2 is 1.96 bits per heavy atom. The maximum absolute atomic E-state index is 8.85. The topological polar surface area (TPSA) is 80.7 Å². The second-order valence-corrected chi connectivity index (χ2v) is 5.96. The van der Waals surface area contributed by atoms with E-state index in [1.165, 1.54) is 0 Å². The van der Waals surface area contributed by atoms with Crippen molar-refractivity contribution in [1.29, 1.82) is 5.26 Å². The SMILES string of the molecule is CN=C(NCc1ccc(C#N)cc1)N1CCN(Cc2ccon2)CC1.I. The molecule has 0 aliphatic carbocycles. The fraction of sp³-hybridized carbons (Fsp3) is 0.389. The Morgan fingerprint density at radius 3 is 2.54 bits per heavy atom. The molecule has 1 aromatic carbocycles. The van der Waals surface area contributed by atoms with Crippen LogP contribution in [0.25, 0.3) is 0 Å². The minimum atomic E-state index is 0. The van der Waals surface area contributed by atoms with Crippen molar-refractivity contribution < 1.29 is 4.52 Å². The summed E-state index contributed by atoms with van der Waals surface area (Å²) in [5.74, 6) is 0.908. The highest BCUT2D eigenvalue weighted by atomic mass is 127. The number of hydrogen-bond acceptors (Lipinski definition) is 5. The van der Waals surface area contributed by atoms with Crippen LogP contribution in [0.5, 0.6) is 0 Å². The summed E-state index contributed by atoms with van der Waals surface area (Å²) >= 11 is 0. The molecule has 0 bridgehead atoms. The summed E-state index contributed by atoms with van der Waals surface area (Å²) in [6, 6.07) is 11.6. The van der Waals surface area contributed by atoms with E-state index in [0.717, 1.165) is 49.9 Å². The van der Waals surface area contributed by atoms with Gasteiger partial charge in [0.05, 0.1) is 17.3 Å². The number of aliphatic imine (C=N–C) groups is 1. The van der Waals surface area contributed by atoms with Gasteiger partial charge in [0.15, 0.2) is 5.96 Å². The fourth-order valence-corrected chi connectivity index (χ4v) is 2.88. The Labute approximate surface area is 170 Å². The predicted octanol–water partition coefficient (Wildman–Crippen LogP) is 2.06. The first kappa shape index (κ1) is 20.2. The van der Waals surface area contributed by atoms with Crippen molar-refractivity contribution in [2.45, 2.75) is 13.1 Å². The first-order valence-electron chi connectivity index (χ1n) is 8.35. The molecule has 0 radical (unpaired) electrons. The summed E-state index contributed by atoms with van der Waals surface area (Å²) in [4.78, 5) is 9.02. The summed E-state index contributed by atoms with van der Waals surface area (Å²) in [5.41, 5.74) is 2.78. The Hall–Kier alpha value is -2.12. The normalized spacial score (nSPS) is 15.2. The van der Waals surface area contributed by atoms with E-state index < -0.39 is 0 Å². The molecule has 8 heteroatoms. The average molecular weight is 466 g/mol. The Balaban J connectivity index is 0.00000243. The van der Waals surface area contributed by atoms with Crippen LogP contribution in [0, 0.1) is 11.3 Å². The molecule has 1 fully saturated rings. The largest absolute Gasteiger partial charge is 0.364 e. The highest BCUT2D eigenvalue weighted by Gasteiger charge is 2.20. The average Bonchev–Trinajstić information content (AvgIpc) is 3.17. The lowest BCUT2D eigenvalue weighted by molar-refractivity contribution is 0.169. The Morgan fingerprint density at radius 1 is 1.23 bits per heavy atom. The van der Waals surface area contributed by atoms with Gasteiger partial charge in [-0.2, -0.15) is 5.26 Å². The number of nitrogens with zero attached hydrogens (tertiary/aromatic N) is 5. The lowest BCUT2D eigenvalue weighted by Crippen LogP contribution is -2.52. The number of halogens is 1. The minimum absolute atomic E-state index is 0. The van der Waals surface area contributed by atoms with Gasteiger partial charge in [-0.25, -0.2) is 0 Å². The van der Waals surface area contributed by atoms with Crippen LogP contribution < -0.4 is 5.32 Å². The second kappa shape index (κ2) is 10.1. The van der Waals surface area contributed by atoms with E-state index in [1.54, 1.807) is 6.26 Å². The number of hydrogen-bond donors (Lipinski definition) is 1. The predicted molar refractivity (Wildman–Crippen MR) is 110 cm³/mol. The van der Waals surface area contributed by atoms with Gasteiger partial charge in [0.2, 0.25) is 0 Å². The number of benzene rings is 1. The smallest absolute Gasteiger partial charge is 0.194 e. The number of nitrogens with one attached hydrogen (secondary N) is 1. The van der Waals surface area contributed by atoms with E-state index >= 15 is 0 Å². The molecular weight excluding hydrogens is 443 g/mol. The highest BCUT2D eigenvalue weighted by molar-refractivity contribution is 14.0. The third-order valence-corrected chi connectivity index (χ3v) is 4.29. The molecule has 0 spiro atoms. The molecule has 0 unspecified atom stereocenters. The zero-order chi connectivity index (χ0) is 17.5. The number of rotatable bonds is 4. The van der Waals surface area contributed by atoms with Gasteiger partial charge in [-0.05, 0) is 17.7 Å². The van der Waals surface area contributed by atoms with E-state index in [1.807, 2.05) is 37.4 Å². The first-order valence-corrected chi connectivity index (χ1v) is 8.35. The summed E-state index contributed by atoms with van der Waals surface area (Å²) < 4.78 is 4.89. The third-order valence-electron chi connectivity index (χ3n) is 4.29. The van der Waals surface area contributed by atoms with Gasteiger partial charge in [0.1, 0.15) is 6.26 Å². The standard InChI is InChI=1S/C18H22N6O.HI/c1-20-18(21-13-16-4-2-15(12-19)3-5-16)24-9-7-23(8-10-24)14-17-6-11-25-22-17;/h2-6,11H,7-10,13-14H2,1H3,(H,20,21);1H. The maximum Gasteiger partial charge on any atom is 0.194 e. The molecule has 0 amide bonds. The van der Waals surface area contributed by atoms with Crippen LogP contribution in [0.15, 0.2) is 46.1 Å². The van der Waals surface area contributed by atoms with Crippen molar-refractivity contribution in [2.24, 2.45) is 4.99 Å². The van der Waals surface area contributed by atoms with Gasteiger partial charge < -0.3 is 14.7 Å². The Kier molecular flexibility index (Phi) is 7.87. The van der Waals surface area contributed by atoms with Gasteiger partial charge in [0, 0.05) is 52.4 Å². The van der Waals surface area contributed by atoms with Crippen LogP contribution in [-0.2, 0) is 13.1 Å². The van der Waals surface area contributed by atoms with Crippen LogP contribution in [0.1, 0.15) is 16.8 Å². The minimum Gasteiger partial charge on any atom is -0.364 e. The molecule has 1 N–H and O–H groups in total. The molecule has 7 nitrogen and oxygen atoms in total. The summed E-state index contributed by atoms with van der Waals surface area (Å²) in [7, 11) is 1.81. The lowest BCUT2D eigenvalue weighted by Gasteiger charge is -2.36. The van der Waals surface area contributed by atoms with Crippen molar-refractivity contribution in [3.05, 3.63) is 53.4 Å². The number of piperazine rings is 1. The van der Waals surface area contributed by atoms with E-state index in [0.29, 0.717) is 12.1 Å². The van der Waals surface area contributed by atoms with Gasteiger partial charge >= 0.3 is 0 Å². The van der Waals surface area contributed by atoms with Crippen molar-refractivity contribution in [3.63, 3.8) is 0 Å². The number of aromatic nitrogens is 1. The third kappa shape index (κ3) is 5.44. The van der Waals surface area contributed by atoms with Crippen LogP contribution in [0.2, 0.25) is 0 Å². The fourth-order valence-electron chi connectivity index (χ4n) is 2.88.